The summed E-state index contributed by atoms with van der Waals surface area (Å²) in [6.45, 7) is 7.75. The number of ketones is 3. The molecule has 2 aromatic carbocycles. The third-order valence-electron chi connectivity index (χ3n) is 18.5. The summed E-state index contributed by atoms with van der Waals surface area (Å²) in [6.07, 6.45) is 19.4. The fourth-order valence-corrected chi connectivity index (χ4v) is 16.1. The lowest BCUT2D eigenvalue weighted by Crippen LogP contribution is -2.46. The van der Waals surface area contributed by atoms with Crippen molar-refractivity contribution in [2.24, 2.45) is 0 Å². The van der Waals surface area contributed by atoms with Gasteiger partial charge in [0.2, 0.25) is 17.7 Å². The van der Waals surface area contributed by atoms with Crippen molar-refractivity contribution in [1.82, 2.24) is 46.2 Å². The highest BCUT2D eigenvalue weighted by molar-refractivity contribution is 8.00. The van der Waals surface area contributed by atoms with E-state index in [0.29, 0.717) is 120 Å². The van der Waals surface area contributed by atoms with E-state index in [-0.39, 0.29) is 77.3 Å². The van der Waals surface area contributed by atoms with Crippen LogP contribution in [0.5, 0.6) is 0 Å². The predicted octanol–water partition coefficient (Wildman–Crippen LogP) is 8.28. The van der Waals surface area contributed by atoms with Crippen LogP contribution in [-0.2, 0) is 46.3 Å². The number of carbonyl (C=O) groups is 8. The molecule has 0 aromatic heterocycles. The van der Waals surface area contributed by atoms with E-state index < -0.39 is 0 Å². The molecule has 6 heterocycles. The van der Waals surface area contributed by atoms with Gasteiger partial charge in [-0.3, -0.25) is 28.8 Å². The second-order valence-corrected chi connectivity index (χ2v) is 27.5. The number of benzene rings is 2. The second-order valence-electron chi connectivity index (χ2n) is 25.0. The quantitative estimate of drug-likeness (QED) is 0.0316. The molecule has 0 saturated carbocycles. The van der Waals surface area contributed by atoms with Gasteiger partial charge in [-0.05, 0) is 107 Å². The number of thioether (sulfide) groups is 2. The molecule has 5 N–H and O–H groups in total. The molecule has 0 aliphatic carbocycles. The lowest BCUT2D eigenvalue weighted by Gasteiger charge is -2.37. The molecule has 0 unspecified atom stereocenters. The number of rotatable bonds is 38. The molecule has 18 nitrogen and oxygen atoms in total. The minimum Gasteiger partial charge on any atom is -0.381 e. The van der Waals surface area contributed by atoms with Gasteiger partial charge in [-0.25, -0.2) is 9.59 Å². The number of nitrogens with zero attached hydrogens (tertiary/aromatic N) is 4. The molecule has 6 saturated heterocycles. The van der Waals surface area contributed by atoms with Crippen molar-refractivity contribution in [1.29, 1.82) is 0 Å². The molecule has 2 aromatic rings. The molecule has 20 heteroatoms. The van der Waals surface area contributed by atoms with Crippen LogP contribution in [0.3, 0.4) is 0 Å². The number of likely N-dealkylation sites (tertiary alicyclic amines) is 2. The number of Topliss-reactive ketones (excluding diaryl/α,β-unsaturated/α-hetero) is 3. The average molecular weight is 1240 g/mol. The van der Waals surface area contributed by atoms with E-state index in [1.807, 2.05) is 53.5 Å². The number of unbranched alkanes of at least 4 members (excludes halogenated alkanes) is 2. The summed E-state index contributed by atoms with van der Waals surface area (Å²) >= 11 is 3.82. The maximum atomic E-state index is 12.7. The highest BCUT2D eigenvalue weighted by Gasteiger charge is 2.43. The van der Waals surface area contributed by atoms with E-state index in [4.69, 9.17) is 4.74 Å². The Morgan fingerprint density at radius 3 is 1.36 bits per heavy atom. The van der Waals surface area contributed by atoms with Crippen molar-refractivity contribution < 1.29 is 43.1 Å². The number of carbonyl (C=O) groups excluding carboxylic acids is 8. The zero-order valence-electron chi connectivity index (χ0n) is 52.3. The monoisotopic (exact) mass is 1240 g/mol. The maximum Gasteiger partial charge on any atom is 0.315 e. The number of fused-ring (bicyclic) bond motifs is 2. The minimum absolute atomic E-state index is 0.0505. The fraction of sp³-hybridized carbons (Fsp3) is 0.701. The van der Waals surface area contributed by atoms with Gasteiger partial charge in [-0.15, -0.1) is 0 Å². The summed E-state index contributed by atoms with van der Waals surface area (Å²) in [4.78, 5) is 106. The third-order valence-corrected chi connectivity index (χ3v) is 21.5. The first-order valence-electron chi connectivity index (χ1n) is 33.1. The Kier molecular flexibility index (Phi) is 30.7. The normalized spacial score (nSPS) is 22.0. The lowest BCUT2D eigenvalue weighted by atomic mass is 10.0. The summed E-state index contributed by atoms with van der Waals surface area (Å²) in [5.41, 5.74) is 2.73. The minimum atomic E-state index is -0.0597. The highest BCUT2D eigenvalue weighted by atomic mass is 32.2. The number of ether oxygens (including phenoxy) is 1. The zero-order chi connectivity index (χ0) is 61.6. The number of nitrogens with one attached hydrogen (secondary N) is 5. The van der Waals surface area contributed by atoms with Gasteiger partial charge in [0.1, 0.15) is 17.3 Å². The standard InChI is InChI=1S/C35H54N4O5S.C32H49N5O4S/c1-38(28-19-22-39(23-20-28)21-18-27-10-3-2-4-11-27)33(42)17-7-13-30(41)15-9-25-44-24-8-14-29(40)12-5-6-16-32-34-31(26-45-32)36-35(43)37-34;1-36(25-17-21-37(22-18-25)20-16-24-9-3-2-4-10-24)30(40)15-7-14-29(39)33-19-8-12-26(38)11-5-6-13-28-31-27(23-42-28)34-32(41)35-31/h2-4,10-11,28,31-32,34H,5-9,12-26H2,1H3,(H2,36,37,43);2-4,9-10,25,27-28,31H,5-8,11-23H2,1H3,(H,33,39)(H2,34,35,41)/t31-,32-,34-;27-,28-,31-/m00/s1. The molecule has 6 aliphatic heterocycles. The van der Waals surface area contributed by atoms with E-state index in [9.17, 15) is 38.4 Å². The molecule has 7 amide bonds. The van der Waals surface area contributed by atoms with Gasteiger partial charge in [0.25, 0.3) is 0 Å². The average Bonchev–Trinajstić information content (AvgIpc) is 2.85. The summed E-state index contributed by atoms with van der Waals surface area (Å²) in [5.74, 6) is 2.86. The van der Waals surface area contributed by atoms with Gasteiger partial charge in [0, 0.05) is 165 Å². The SMILES string of the molecule is CN(C(=O)CCCC(=O)CCCOCCCC(=O)CCCC[C@@H]1SC[C@@H]2NC(=O)N[C@@H]21)C1CCN(CCc2ccccc2)CC1.CN(C(=O)CCCC(=O)NCCCC(=O)CCCC[C@@H]1SC[C@@H]2NC(=O)N[C@@H]21)C1CCN(CCc2ccccc2)CC1. The first-order valence-corrected chi connectivity index (χ1v) is 35.2. The molecule has 0 radical (unpaired) electrons. The van der Waals surface area contributed by atoms with Crippen LogP contribution in [0.15, 0.2) is 60.7 Å². The molecule has 6 aliphatic rings. The zero-order valence-corrected chi connectivity index (χ0v) is 54.0. The number of amides is 7. The van der Waals surface area contributed by atoms with Crippen molar-refractivity contribution in [3.63, 3.8) is 0 Å². The summed E-state index contributed by atoms with van der Waals surface area (Å²) in [7, 11) is 3.82. The van der Waals surface area contributed by atoms with Gasteiger partial charge >= 0.3 is 12.1 Å². The van der Waals surface area contributed by atoms with Gasteiger partial charge in [0.15, 0.2) is 0 Å². The molecule has 482 valence electrons. The number of hydrogen-bond acceptors (Lipinski definition) is 13. The third kappa shape index (κ3) is 25.1. The Bertz CT molecular complexity index is 2450. The van der Waals surface area contributed by atoms with Gasteiger partial charge in [-0.1, -0.05) is 73.5 Å². The summed E-state index contributed by atoms with van der Waals surface area (Å²) < 4.78 is 5.65. The van der Waals surface area contributed by atoms with Gasteiger partial charge < -0.3 is 50.9 Å². The maximum absolute atomic E-state index is 12.7. The predicted molar refractivity (Wildman–Crippen MR) is 347 cm³/mol. The molecular weight excluding hydrogens is 1140 g/mol. The largest absolute Gasteiger partial charge is 0.381 e. The molecule has 8 rings (SSSR count). The van der Waals surface area contributed by atoms with Crippen molar-refractivity contribution >= 4 is 70.7 Å². The van der Waals surface area contributed by atoms with Crippen molar-refractivity contribution in [3.8, 4) is 0 Å². The number of urea groups is 2. The van der Waals surface area contributed by atoms with Crippen molar-refractivity contribution in [2.45, 2.75) is 214 Å². The Morgan fingerprint density at radius 1 is 0.506 bits per heavy atom. The van der Waals surface area contributed by atoms with Crippen LogP contribution < -0.4 is 26.6 Å². The van der Waals surface area contributed by atoms with Gasteiger partial charge in [0.05, 0.1) is 24.2 Å². The van der Waals surface area contributed by atoms with E-state index in [1.54, 1.807) is 0 Å². The first kappa shape index (κ1) is 69.5. The van der Waals surface area contributed by atoms with Crippen molar-refractivity contribution in [3.05, 3.63) is 71.8 Å². The van der Waals surface area contributed by atoms with Crippen LogP contribution in [-0.4, -0.2) is 198 Å². The van der Waals surface area contributed by atoms with E-state index in [1.165, 1.54) is 11.1 Å². The fourth-order valence-electron chi connectivity index (χ4n) is 13.0. The van der Waals surface area contributed by atoms with Crippen LogP contribution in [0.2, 0.25) is 0 Å². The molecule has 6 atom stereocenters. The Morgan fingerprint density at radius 2 is 0.908 bits per heavy atom. The van der Waals surface area contributed by atoms with Crippen LogP contribution in [0.1, 0.15) is 165 Å². The summed E-state index contributed by atoms with van der Waals surface area (Å²) in [5, 5.41) is 15.7. The molecule has 0 bridgehead atoms. The topological polar surface area (TPSA) is 219 Å². The number of piperidine rings is 2. The van der Waals surface area contributed by atoms with Crippen molar-refractivity contribution in [2.75, 3.05) is 84.6 Å². The Hall–Kier alpha value is -5.02. The molecular formula is C67H103N9O9S2. The second kappa shape index (κ2) is 38.5. The molecule has 6 fully saturated rings. The number of hydrogen-bond donors (Lipinski definition) is 5. The highest BCUT2D eigenvalue weighted by Crippen LogP contribution is 2.34. The Labute approximate surface area is 527 Å². The van der Waals surface area contributed by atoms with Crippen LogP contribution in [0.25, 0.3) is 0 Å². The van der Waals surface area contributed by atoms with E-state index in [2.05, 4.69) is 91.0 Å². The molecule has 87 heavy (non-hydrogen) atoms. The smallest absolute Gasteiger partial charge is 0.315 e. The molecule has 0 spiro atoms. The Balaban J connectivity index is 0.000000249. The first-order chi connectivity index (χ1) is 42.3. The van der Waals surface area contributed by atoms with Gasteiger partial charge in [-0.2, -0.15) is 23.5 Å². The van der Waals surface area contributed by atoms with Crippen LogP contribution in [0.4, 0.5) is 9.59 Å². The van der Waals surface area contributed by atoms with Crippen LogP contribution in [0, 0.1) is 0 Å². The van der Waals surface area contributed by atoms with Crippen LogP contribution >= 0.6 is 23.5 Å². The summed E-state index contributed by atoms with van der Waals surface area (Å²) in [6, 6.07) is 22.6. The van der Waals surface area contributed by atoms with E-state index >= 15 is 0 Å². The lowest BCUT2D eigenvalue weighted by molar-refractivity contribution is -0.134. The van der Waals surface area contributed by atoms with E-state index in [0.717, 1.165) is 134 Å².